The molecule has 4 rings (SSSR count). The third-order valence-corrected chi connectivity index (χ3v) is 6.28. The van der Waals surface area contributed by atoms with Crippen LogP contribution in [0.3, 0.4) is 0 Å². The van der Waals surface area contributed by atoms with Crippen LogP contribution in [-0.4, -0.2) is 55.7 Å². The number of hydrogen-bond acceptors (Lipinski definition) is 4. The standard InChI is InChI=1S/C28H35N3O/c29-27-15-13-24(14-16-27)8-7-17-30-18-20-31(21-19-30)22-23-32-28(25-9-3-1-4-10-25)26-11-5-2-6-12-26/h1-6,9-16,28H,7-8,17-23,29H2. The summed E-state index contributed by atoms with van der Waals surface area (Å²) in [5, 5.41) is 0. The van der Waals surface area contributed by atoms with E-state index in [-0.39, 0.29) is 6.10 Å². The third kappa shape index (κ3) is 6.67. The molecule has 0 unspecified atom stereocenters. The lowest BCUT2D eigenvalue weighted by molar-refractivity contribution is 0.0451. The zero-order valence-electron chi connectivity index (χ0n) is 18.9. The van der Waals surface area contributed by atoms with E-state index in [0.717, 1.165) is 51.4 Å². The summed E-state index contributed by atoms with van der Waals surface area (Å²) >= 11 is 0. The summed E-state index contributed by atoms with van der Waals surface area (Å²) in [7, 11) is 0. The maximum Gasteiger partial charge on any atom is 0.108 e. The normalized spacial score (nSPS) is 15.3. The van der Waals surface area contributed by atoms with Crippen LogP contribution in [0.15, 0.2) is 84.9 Å². The largest absolute Gasteiger partial charge is 0.399 e. The smallest absolute Gasteiger partial charge is 0.108 e. The van der Waals surface area contributed by atoms with Gasteiger partial charge in [0.05, 0.1) is 6.61 Å². The minimum Gasteiger partial charge on any atom is -0.399 e. The van der Waals surface area contributed by atoms with E-state index < -0.39 is 0 Å². The molecule has 3 aromatic rings. The number of ether oxygens (including phenoxy) is 1. The molecule has 0 aliphatic carbocycles. The second-order valence-electron chi connectivity index (χ2n) is 8.60. The Morgan fingerprint density at radius 2 is 1.22 bits per heavy atom. The van der Waals surface area contributed by atoms with E-state index in [2.05, 4.69) is 82.6 Å². The molecule has 0 radical (unpaired) electrons. The lowest BCUT2D eigenvalue weighted by atomic mass is 10.0. The Bertz CT molecular complexity index is 867. The first kappa shape index (κ1) is 22.5. The predicted molar refractivity (Wildman–Crippen MR) is 133 cm³/mol. The fraction of sp³-hybridized carbons (Fsp3) is 0.357. The molecule has 1 fully saturated rings. The second-order valence-corrected chi connectivity index (χ2v) is 8.60. The highest BCUT2D eigenvalue weighted by Crippen LogP contribution is 2.25. The van der Waals surface area contributed by atoms with E-state index in [1.807, 2.05) is 12.1 Å². The summed E-state index contributed by atoms with van der Waals surface area (Å²) in [6.45, 7) is 7.41. The first-order valence-electron chi connectivity index (χ1n) is 11.8. The van der Waals surface area contributed by atoms with Crippen molar-refractivity contribution >= 4 is 5.69 Å². The maximum atomic E-state index is 6.40. The van der Waals surface area contributed by atoms with Gasteiger partial charge in [0.25, 0.3) is 0 Å². The molecule has 0 atom stereocenters. The summed E-state index contributed by atoms with van der Waals surface area (Å²) in [6.07, 6.45) is 2.31. The van der Waals surface area contributed by atoms with E-state index >= 15 is 0 Å². The van der Waals surface area contributed by atoms with E-state index in [4.69, 9.17) is 10.5 Å². The Balaban J connectivity index is 1.18. The highest BCUT2D eigenvalue weighted by atomic mass is 16.5. The Morgan fingerprint density at radius 3 is 1.78 bits per heavy atom. The molecular weight excluding hydrogens is 394 g/mol. The molecule has 0 aromatic heterocycles. The van der Waals surface area contributed by atoms with E-state index in [0.29, 0.717) is 0 Å². The van der Waals surface area contributed by atoms with Crippen molar-refractivity contribution < 1.29 is 4.74 Å². The van der Waals surface area contributed by atoms with Gasteiger partial charge in [-0.15, -0.1) is 0 Å². The Hall–Kier alpha value is -2.66. The van der Waals surface area contributed by atoms with Crippen LogP contribution in [0.2, 0.25) is 0 Å². The van der Waals surface area contributed by atoms with Crippen LogP contribution in [-0.2, 0) is 11.2 Å². The molecule has 1 aliphatic rings. The average molecular weight is 430 g/mol. The predicted octanol–water partition coefficient (Wildman–Crippen LogP) is 4.63. The summed E-state index contributed by atoms with van der Waals surface area (Å²) in [5.41, 5.74) is 10.4. The topological polar surface area (TPSA) is 41.7 Å². The second kappa shape index (κ2) is 11.8. The molecule has 1 saturated heterocycles. The third-order valence-electron chi connectivity index (χ3n) is 6.28. The van der Waals surface area contributed by atoms with Gasteiger partial charge in [-0.05, 0) is 48.2 Å². The van der Waals surface area contributed by atoms with Gasteiger partial charge >= 0.3 is 0 Å². The molecule has 1 heterocycles. The molecule has 0 saturated carbocycles. The number of hydrogen-bond donors (Lipinski definition) is 1. The molecule has 1 aliphatic heterocycles. The molecule has 4 nitrogen and oxygen atoms in total. The Morgan fingerprint density at radius 1 is 0.688 bits per heavy atom. The first-order valence-corrected chi connectivity index (χ1v) is 11.8. The van der Waals surface area contributed by atoms with Crippen LogP contribution >= 0.6 is 0 Å². The van der Waals surface area contributed by atoms with Gasteiger partial charge in [-0.2, -0.15) is 0 Å². The van der Waals surface area contributed by atoms with Crippen molar-refractivity contribution in [2.24, 2.45) is 0 Å². The lowest BCUT2D eigenvalue weighted by Crippen LogP contribution is -2.47. The van der Waals surface area contributed by atoms with Crippen LogP contribution < -0.4 is 5.73 Å². The molecule has 0 bridgehead atoms. The lowest BCUT2D eigenvalue weighted by Gasteiger charge is -2.35. The van der Waals surface area contributed by atoms with Gasteiger partial charge in [0, 0.05) is 38.4 Å². The molecule has 0 amide bonds. The monoisotopic (exact) mass is 429 g/mol. The molecule has 2 N–H and O–H groups in total. The van der Waals surface area contributed by atoms with Crippen molar-refractivity contribution in [2.45, 2.75) is 18.9 Å². The van der Waals surface area contributed by atoms with Gasteiger partial charge in [0.15, 0.2) is 0 Å². The zero-order chi connectivity index (χ0) is 22.0. The number of nitrogens with two attached hydrogens (primary N) is 1. The highest BCUT2D eigenvalue weighted by molar-refractivity contribution is 5.39. The van der Waals surface area contributed by atoms with Crippen LogP contribution in [0, 0.1) is 0 Å². The Labute approximate surface area is 192 Å². The fourth-order valence-electron chi connectivity index (χ4n) is 4.37. The van der Waals surface area contributed by atoms with Crippen molar-refractivity contribution in [3.63, 3.8) is 0 Å². The SMILES string of the molecule is Nc1ccc(CCCN2CCN(CCOC(c3ccccc3)c3ccccc3)CC2)cc1. The number of nitrogens with zero attached hydrogens (tertiary/aromatic N) is 2. The van der Waals surface area contributed by atoms with E-state index in [9.17, 15) is 0 Å². The minimum atomic E-state index is -0.00738. The number of rotatable bonds is 10. The van der Waals surface area contributed by atoms with Crippen LogP contribution in [0.1, 0.15) is 29.2 Å². The molecule has 3 aromatic carbocycles. The van der Waals surface area contributed by atoms with E-state index in [1.54, 1.807) is 0 Å². The van der Waals surface area contributed by atoms with Crippen LogP contribution in [0.4, 0.5) is 5.69 Å². The van der Waals surface area contributed by atoms with E-state index in [1.165, 1.54) is 29.7 Å². The minimum absolute atomic E-state index is 0.00738. The van der Waals surface area contributed by atoms with Gasteiger partial charge in [0.2, 0.25) is 0 Å². The van der Waals surface area contributed by atoms with Gasteiger partial charge in [-0.1, -0.05) is 72.8 Å². The zero-order valence-corrected chi connectivity index (χ0v) is 18.9. The van der Waals surface area contributed by atoms with Crippen molar-refractivity contribution in [3.05, 3.63) is 102 Å². The molecule has 0 spiro atoms. The summed E-state index contributed by atoms with van der Waals surface area (Å²) in [5.74, 6) is 0. The van der Waals surface area contributed by atoms with Gasteiger partial charge in [-0.3, -0.25) is 4.90 Å². The van der Waals surface area contributed by atoms with Gasteiger partial charge < -0.3 is 15.4 Å². The molecular formula is C28H35N3O. The summed E-state index contributed by atoms with van der Waals surface area (Å²) in [6, 6.07) is 29.3. The van der Waals surface area contributed by atoms with Crippen LogP contribution in [0.25, 0.3) is 0 Å². The van der Waals surface area contributed by atoms with Crippen molar-refractivity contribution in [3.8, 4) is 0 Å². The highest BCUT2D eigenvalue weighted by Gasteiger charge is 2.18. The summed E-state index contributed by atoms with van der Waals surface area (Å²) in [4.78, 5) is 5.12. The van der Waals surface area contributed by atoms with Crippen LogP contribution in [0.5, 0.6) is 0 Å². The number of benzene rings is 3. The molecule has 168 valence electrons. The first-order chi connectivity index (χ1) is 15.8. The Kier molecular flexibility index (Phi) is 8.32. The number of piperazine rings is 1. The number of nitrogen functional groups attached to an aromatic ring is 1. The van der Waals surface area contributed by atoms with Gasteiger partial charge in [-0.25, -0.2) is 0 Å². The number of anilines is 1. The molecule has 4 heteroatoms. The van der Waals surface area contributed by atoms with Gasteiger partial charge in [0.1, 0.15) is 6.10 Å². The maximum absolute atomic E-state index is 6.40. The quantitative estimate of drug-likeness (QED) is 0.477. The van der Waals surface area contributed by atoms with Crippen molar-refractivity contribution in [2.75, 3.05) is 51.6 Å². The summed E-state index contributed by atoms with van der Waals surface area (Å²) < 4.78 is 6.40. The average Bonchev–Trinajstić information content (AvgIpc) is 2.85. The number of aryl methyl sites for hydroxylation is 1. The molecule has 32 heavy (non-hydrogen) atoms. The van der Waals surface area contributed by atoms with Crippen molar-refractivity contribution in [1.29, 1.82) is 0 Å². The van der Waals surface area contributed by atoms with Crippen molar-refractivity contribution in [1.82, 2.24) is 9.80 Å². The fourth-order valence-corrected chi connectivity index (χ4v) is 4.37.